The minimum Gasteiger partial charge on any atom is -0.854 e. The first-order valence-corrected chi connectivity index (χ1v) is 29.8. The number of thioether (sulfide) groups is 1. The predicted octanol–water partition coefficient (Wildman–Crippen LogP) is 12.1. The first-order chi connectivity index (χ1) is 43.0. The van der Waals surface area contributed by atoms with Crippen molar-refractivity contribution in [2.45, 2.75) is 50.8 Å². The minimum absolute atomic E-state index is 0. The van der Waals surface area contributed by atoms with Crippen LogP contribution in [0.25, 0.3) is 43.2 Å². The Morgan fingerprint density at radius 3 is 1.55 bits per heavy atom. The molecule has 0 aliphatic rings. The predicted molar refractivity (Wildman–Crippen MR) is 353 cm³/mol. The van der Waals surface area contributed by atoms with Crippen molar-refractivity contribution in [1.82, 2.24) is 4.98 Å². The number of fused-ring (bicyclic) bond motifs is 4. The van der Waals surface area contributed by atoms with Gasteiger partial charge in [0, 0.05) is 80.4 Å². The monoisotopic (exact) mass is 1220 g/mol. The third-order valence-corrected chi connectivity index (χ3v) is 14.1. The van der Waals surface area contributed by atoms with Crippen LogP contribution >= 0.6 is 11.8 Å². The largest absolute Gasteiger partial charge is 1.00 e. The number of carbonyl (C=O) groups is 3. The number of hydrogen-bond acceptors (Lipinski definition) is 10. The molecule has 0 saturated heterocycles. The number of rotatable bonds is 17. The molecule has 0 atom stereocenters. The minimum atomic E-state index is -0.490. The molecule has 0 fully saturated rings. The number of unbranched alkanes of at least 4 members (excludes halogenated alkanes) is 3. The summed E-state index contributed by atoms with van der Waals surface area (Å²) >= 11 is 1.66. The van der Waals surface area contributed by atoms with Crippen LogP contribution in [0.5, 0.6) is 23.0 Å². The number of H-pyrrole nitrogens is 1. The van der Waals surface area contributed by atoms with Crippen molar-refractivity contribution in [1.29, 1.82) is 0 Å². The van der Waals surface area contributed by atoms with Gasteiger partial charge in [0.05, 0.1) is 25.3 Å². The SMILES string of the molecule is C=CC.C=CC(=O)Oc1ccc2cc(C#Cc3ccc(C#Cc4ccc5cc(OC(C)=O)ccc5c4)c4cc[nH]c34)ccc2c1.CSc1cc(C#Cc2ccc3cc(OCCCOC=O)ccc3c2)ccc1C#Cc1ccc(OCCCCCC[O-])cc1.[K+]. The maximum Gasteiger partial charge on any atom is 1.00 e. The number of nitrogens with one attached hydrogen (secondary N) is 1. The Bertz CT molecular complexity index is 4400. The fourth-order valence-corrected chi connectivity index (χ4v) is 9.60. The van der Waals surface area contributed by atoms with E-state index < -0.39 is 5.97 Å². The van der Waals surface area contributed by atoms with Gasteiger partial charge in [-0.1, -0.05) is 116 Å². The summed E-state index contributed by atoms with van der Waals surface area (Å²) < 4.78 is 26.6. The topological polar surface area (TPSA) is 136 Å². The van der Waals surface area contributed by atoms with E-state index in [4.69, 9.17) is 18.9 Å². The second-order valence-electron chi connectivity index (χ2n) is 19.8. The van der Waals surface area contributed by atoms with Crippen molar-refractivity contribution in [2.75, 3.05) is 32.7 Å². The van der Waals surface area contributed by atoms with E-state index >= 15 is 0 Å². The number of esters is 2. The molecule has 0 aliphatic heterocycles. The molecule has 0 aliphatic carbocycles. The van der Waals surface area contributed by atoms with Crippen LogP contribution in [0.15, 0.2) is 206 Å². The van der Waals surface area contributed by atoms with Gasteiger partial charge < -0.3 is 33.8 Å². The van der Waals surface area contributed by atoms with E-state index in [9.17, 15) is 19.5 Å². The summed E-state index contributed by atoms with van der Waals surface area (Å²) in [5.41, 5.74) is 8.24. The Balaban J connectivity index is 0.000000240. The van der Waals surface area contributed by atoms with Crippen LogP contribution in [-0.4, -0.2) is 56.1 Å². The molecule has 89 heavy (non-hydrogen) atoms. The van der Waals surface area contributed by atoms with Crippen molar-refractivity contribution in [3.63, 3.8) is 0 Å². The van der Waals surface area contributed by atoms with Gasteiger partial charge in [0.15, 0.2) is 0 Å². The zero-order valence-corrected chi connectivity index (χ0v) is 54.3. The summed E-state index contributed by atoms with van der Waals surface area (Å²) in [6.07, 6.45) is 11.2. The third-order valence-electron chi connectivity index (χ3n) is 13.3. The summed E-state index contributed by atoms with van der Waals surface area (Å²) in [5.74, 6) is 28.1. The Morgan fingerprint density at radius 2 is 0.955 bits per heavy atom. The van der Waals surface area contributed by atoms with Gasteiger partial charge in [-0.2, -0.15) is 0 Å². The van der Waals surface area contributed by atoms with Gasteiger partial charge >= 0.3 is 63.3 Å². The van der Waals surface area contributed by atoms with Crippen molar-refractivity contribution in [3.8, 4) is 70.4 Å². The summed E-state index contributed by atoms with van der Waals surface area (Å²) in [6.45, 7) is 12.0. The zero-order valence-electron chi connectivity index (χ0n) is 50.3. The molecule has 0 spiro atoms. The number of aromatic amines is 1. The molecule has 10 nitrogen and oxygen atoms in total. The second kappa shape index (κ2) is 35.7. The first-order valence-electron chi connectivity index (χ1n) is 28.6. The molecule has 1 heterocycles. The van der Waals surface area contributed by atoms with E-state index in [0.29, 0.717) is 44.2 Å². The van der Waals surface area contributed by atoms with Crippen LogP contribution in [0, 0.1) is 47.4 Å². The molecule has 0 radical (unpaired) electrons. The Hall–Kier alpha value is -9.02. The van der Waals surface area contributed by atoms with Crippen LogP contribution < -0.4 is 75.4 Å². The maximum atomic E-state index is 11.5. The van der Waals surface area contributed by atoms with Gasteiger partial charge in [0.1, 0.15) is 23.0 Å². The number of allylic oxidation sites excluding steroid dienone is 1. The van der Waals surface area contributed by atoms with E-state index in [1.54, 1.807) is 30.0 Å². The number of carbonyl (C=O) groups excluding carboxylic acids is 3. The number of hydrogen-bond donors (Lipinski definition) is 1. The van der Waals surface area contributed by atoms with Crippen LogP contribution in [0.3, 0.4) is 0 Å². The average molecular weight is 1220 g/mol. The van der Waals surface area contributed by atoms with Crippen LogP contribution in [0.4, 0.5) is 0 Å². The molecule has 12 heteroatoms. The van der Waals surface area contributed by atoms with Crippen molar-refractivity contribution in [3.05, 3.63) is 246 Å². The standard InChI is InChI=1S/C37H23NO4.C37H35O5S.C3H6.K/c1-3-36(40)42-34-17-15-30-21-26(7-11-32(30)23-34)5-9-28-13-12-27(35-18-19-38-37(28)35)8-4-25-6-10-31-22-33(41-24(2)39)16-14-29(31)20-25;1-43-37-26-31(8-7-30-11-16-34-27-36(20-17-33(34)25-30)42-24-6-22-40-28-39)10-15-32(37)14-9-29-12-18-35(19-13-29)41-23-5-3-2-4-21-38;1-3-2;/h3,6-7,10-23,38H,1H2,2H3;10-13,15-20,25-28H,2-6,21-24H2,1H3;3H,1H2,2H3;/q;-1;;+1. The number of aromatic nitrogens is 1. The average Bonchev–Trinajstić information content (AvgIpc) is 3.66. The molecule has 10 aromatic rings. The Morgan fingerprint density at radius 1 is 0.506 bits per heavy atom. The molecule has 9 aromatic carbocycles. The molecule has 0 unspecified atom stereocenters. The van der Waals surface area contributed by atoms with Crippen molar-refractivity contribution in [2.24, 2.45) is 0 Å². The van der Waals surface area contributed by atoms with Gasteiger partial charge in [-0.3, -0.25) is 9.59 Å². The van der Waals surface area contributed by atoms with Gasteiger partial charge in [-0.15, -0.1) is 24.9 Å². The third kappa shape index (κ3) is 20.8. The molecule has 10 rings (SSSR count). The van der Waals surface area contributed by atoms with Crippen LogP contribution in [0.1, 0.15) is 90.5 Å². The van der Waals surface area contributed by atoms with Gasteiger partial charge in [-0.25, -0.2) is 4.79 Å². The molecular weight excluding hydrogens is 1150 g/mol. The molecule has 1 aromatic heterocycles. The Labute approximate surface area is 567 Å². The van der Waals surface area contributed by atoms with E-state index in [1.165, 1.54) is 6.92 Å². The quantitative estimate of drug-likeness (QED) is 0.0108. The Kier molecular flexibility index (Phi) is 27.1. The zero-order chi connectivity index (χ0) is 61.9. The summed E-state index contributed by atoms with van der Waals surface area (Å²) in [4.78, 5) is 37.3. The molecular formula is C77H64KNO9S. The van der Waals surface area contributed by atoms with E-state index in [2.05, 4.69) is 82.4 Å². The van der Waals surface area contributed by atoms with Crippen molar-refractivity contribution >= 4 is 73.4 Å². The fourth-order valence-electron chi connectivity index (χ4n) is 9.01. The summed E-state index contributed by atoms with van der Waals surface area (Å²) in [7, 11) is 0. The normalized spacial score (nSPS) is 10.0. The van der Waals surface area contributed by atoms with E-state index in [0.717, 1.165) is 136 Å². The van der Waals surface area contributed by atoms with E-state index in [1.807, 2.05) is 165 Å². The second-order valence-corrected chi connectivity index (χ2v) is 20.6. The molecule has 0 amide bonds. The van der Waals surface area contributed by atoms with Crippen LogP contribution in [-0.2, 0) is 19.1 Å². The number of ether oxygens (including phenoxy) is 5. The number of benzene rings is 9. The fraction of sp³-hybridized carbons (Fsp3) is 0.156. The summed E-state index contributed by atoms with van der Waals surface area (Å²) in [5, 5.41) is 17.6. The summed E-state index contributed by atoms with van der Waals surface area (Å²) in [6, 6.07) is 54.9. The van der Waals surface area contributed by atoms with Gasteiger partial charge in [0.2, 0.25) is 0 Å². The van der Waals surface area contributed by atoms with Crippen LogP contribution in [0.2, 0.25) is 0 Å². The van der Waals surface area contributed by atoms with Crippen molar-refractivity contribution < 1.29 is 94.6 Å². The van der Waals surface area contributed by atoms with Gasteiger partial charge in [-0.05, 0) is 185 Å². The van der Waals surface area contributed by atoms with Gasteiger partial charge in [0.25, 0.3) is 6.47 Å². The first kappa shape index (κ1) is 67.5. The molecule has 438 valence electrons. The molecule has 0 saturated carbocycles. The molecule has 1 N–H and O–H groups in total. The smallest absolute Gasteiger partial charge is 0.854 e. The molecule has 0 bridgehead atoms. The van der Waals surface area contributed by atoms with E-state index in [-0.39, 0.29) is 64.0 Å². The maximum absolute atomic E-state index is 11.5.